The lowest BCUT2D eigenvalue weighted by atomic mass is 10.0. The first kappa shape index (κ1) is 18.1. The molecule has 0 atom stereocenters. The number of imide groups is 2. The van der Waals surface area contributed by atoms with Gasteiger partial charge in [-0.25, -0.2) is 9.69 Å². The average molecular weight is 413 g/mol. The van der Waals surface area contributed by atoms with Crippen LogP contribution in [0.15, 0.2) is 58.6 Å². The van der Waals surface area contributed by atoms with Crippen molar-refractivity contribution in [2.24, 2.45) is 0 Å². The Labute approximate surface area is 159 Å². The SMILES string of the molecule is CC(C)c1ccc(C=C2C(=O)NC(=O)N(c3cccc(Br)c3)C2=O)cc1. The lowest BCUT2D eigenvalue weighted by Gasteiger charge is -2.26. The Kier molecular flexibility index (Phi) is 5.04. The van der Waals surface area contributed by atoms with E-state index in [-0.39, 0.29) is 5.57 Å². The summed E-state index contributed by atoms with van der Waals surface area (Å²) in [6.45, 7) is 4.18. The number of benzene rings is 2. The van der Waals surface area contributed by atoms with E-state index >= 15 is 0 Å². The predicted octanol–water partition coefficient (Wildman–Crippen LogP) is 4.24. The third-order valence-corrected chi connectivity index (χ3v) is 4.58. The first-order chi connectivity index (χ1) is 12.4. The van der Waals surface area contributed by atoms with Crippen LogP contribution in [0.1, 0.15) is 30.9 Å². The normalized spacial score (nSPS) is 16.4. The van der Waals surface area contributed by atoms with E-state index in [2.05, 4.69) is 35.1 Å². The van der Waals surface area contributed by atoms with Gasteiger partial charge in [0.25, 0.3) is 11.8 Å². The number of nitrogens with one attached hydrogen (secondary N) is 1. The number of rotatable bonds is 3. The van der Waals surface area contributed by atoms with E-state index in [4.69, 9.17) is 0 Å². The lowest BCUT2D eigenvalue weighted by molar-refractivity contribution is -0.122. The Balaban J connectivity index is 1.97. The molecule has 0 aromatic heterocycles. The van der Waals surface area contributed by atoms with Crippen molar-refractivity contribution in [2.75, 3.05) is 4.90 Å². The van der Waals surface area contributed by atoms with Crippen LogP contribution in [-0.2, 0) is 9.59 Å². The van der Waals surface area contributed by atoms with Gasteiger partial charge < -0.3 is 0 Å². The molecule has 0 radical (unpaired) electrons. The second kappa shape index (κ2) is 7.25. The van der Waals surface area contributed by atoms with Crippen molar-refractivity contribution in [3.8, 4) is 0 Å². The summed E-state index contributed by atoms with van der Waals surface area (Å²) < 4.78 is 0.724. The zero-order chi connectivity index (χ0) is 18.8. The number of carbonyl (C=O) groups is 3. The molecule has 0 spiro atoms. The second-order valence-electron chi connectivity index (χ2n) is 6.26. The Morgan fingerprint density at radius 1 is 1.04 bits per heavy atom. The van der Waals surface area contributed by atoms with Gasteiger partial charge in [0.1, 0.15) is 5.57 Å². The molecule has 0 aliphatic carbocycles. The van der Waals surface area contributed by atoms with Gasteiger partial charge in [-0.2, -0.15) is 0 Å². The molecule has 4 amide bonds. The molecule has 5 nitrogen and oxygen atoms in total. The maximum absolute atomic E-state index is 12.8. The zero-order valence-corrected chi connectivity index (χ0v) is 15.9. The topological polar surface area (TPSA) is 66.5 Å². The number of halogens is 1. The molecule has 2 aromatic rings. The second-order valence-corrected chi connectivity index (χ2v) is 7.17. The molecule has 1 aliphatic rings. The van der Waals surface area contributed by atoms with E-state index < -0.39 is 17.8 Å². The van der Waals surface area contributed by atoms with Crippen LogP contribution in [0, 0.1) is 0 Å². The van der Waals surface area contributed by atoms with Crippen LogP contribution in [0.4, 0.5) is 10.5 Å². The fourth-order valence-electron chi connectivity index (χ4n) is 2.65. The van der Waals surface area contributed by atoms with Crippen molar-refractivity contribution in [3.05, 3.63) is 69.7 Å². The van der Waals surface area contributed by atoms with Crippen molar-refractivity contribution in [3.63, 3.8) is 0 Å². The van der Waals surface area contributed by atoms with Gasteiger partial charge in [-0.3, -0.25) is 14.9 Å². The molecule has 6 heteroatoms. The minimum Gasteiger partial charge on any atom is -0.273 e. The van der Waals surface area contributed by atoms with Crippen LogP contribution < -0.4 is 10.2 Å². The fourth-order valence-corrected chi connectivity index (χ4v) is 3.04. The quantitative estimate of drug-likeness (QED) is 0.605. The summed E-state index contributed by atoms with van der Waals surface area (Å²) in [5.74, 6) is -0.954. The van der Waals surface area contributed by atoms with Gasteiger partial charge in [0.15, 0.2) is 0 Å². The van der Waals surface area contributed by atoms with Crippen LogP contribution in [0.3, 0.4) is 0 Å². The number of urea groups is 1. The Morgan fingerprint density at radius 3 is 2.35 bits per heavy atom. The van der Waals surface area contributed by atoms with E-state index in [0.29, 0.717) is 11.6 Å². The molecule has 1 N–H and O–H groups in total. The minimum atomic E-state index is -0.759. The van der Waals surface area contributed by atoms with E-state index in [1.54, 1.807) is 24.3 Å². The maximum Gasteiger partial charge on any atom is 0.335 e. The highest BCUT2D eigenvalue weighted by Crippen LogP contribution is 2.25. The highest BCUT2D eigenvalue weighted by Gasteiger charge is 2.36. The van der Waals surface area contributed by atoms with Crippen LogP contribution in [0.25, 0.3) is 6.08 Å². The summed E-state index contributed by atoms with van der Waals surface area (Å²) in [5, 5.41) is 2.22. The number of nitrogens with zero attached hydrogens (tertiary/aromatic N) is 1. The molecular weight excluding hydrogens is 396 g/mol. The van der Waals surface area contributed by atoms with E-state index in [9.17, 15) is 14.4 Å². The fraction of sp³-hybridized carbons (Fsp3) is 0.150. The number of barbiturate groups is 1. The molecule has 26 heavy (non-hydrogen) atoms. The van der Waals surface area contributed by atoms with Gasteiger partial charge >= 0.3 is 6.03 Å². The number of hydrogen-bond donors (Lipinski definition) is 1. The molecule has 0 unspecified atom stereocenters. The maximum atomic E-state index is 12.8. The van der Waals surface area contributed by atoms with Crippen LogP contribution >= 0.6 is 15.9 Å². The van der Waals surface area contributed by atoms with Crippen molar-refractivity contribution >= 4 is 45.5 Å². The number of hydrogen-bond acceptors (Lipinski definition) is 3. The Morgan fingerprint density at radius 2 is 1.73 bits per heavy atom. The minimum absolute atomic E-state index is 0.0816. The average Bonchev–Trinajstić information content (AvgIpc) is 2.59. The third kappa shape index (κ3) is 3.60. The highest BCUT2D eigenvalue weighted by atomic mass is 79.9. The number of amides is 4. The Bertz CT molecular complexity index is 917. The molecule has 1 heterocycles. The van der Waals surface area contributed by atoms with Gasteiger partial charge in [-0.1, -0.05) is 60.1 Å². The summed E-state index contributed by atoms with van der Waals surface area (Å²) in [7, 11) is 0. The van der Waals surface area contributed by atoms with Gasteiger partial charge in [-0.15, -0.1) is 0 Å². The summed E-state index contributed by atoms with van der Waals surface area (Å²) in [6, 6.07) is 13.6. The van der Waals surface area contributed by atoms with Crippen molar-refractivity contribution in [1.29, 1.82) is 0 Å². The predicted molar refractivity (Wildman–Crippen MR) is 104 cm³/mol. The smallest absolute Gasteiger partial charge is 0.273 e. The van der Waals surface area contributed by atoms with Gasteiger partial charge in [0.2, 0.25) is 0 Å². The van der Waals surface area contributed by atoms with Crippen molar-refractivity contribution in [2.45, 2.75) is 19.8 Å². The molecule has 132 valence electrons. The van der Waals surface area contributed by atoms with Crippen LogP contribution in [0.2, 0.25) is 0 Å². The first-order valence-electron chi connectivity index (χ1n) is 8.14. The Hall–Kier alpha value is -2.73. The van der Waals surface area contributed by atoms with E-state index in [1.807, 2.05) is 24.3 Å². The first-order valence-corrected chi connectivity index (χ1v) is 8.93. The molecule has 3 rings (SSSR count). The number of carbonyl (C=O) groups excluding carboxylic acids is 3. The van der Waals surface area contributed by atoms with Gasteiger partial charge in [0.05, 0.1) is 5.69 Å². The monoisotopic (exact) mass is 412 g/mol. The van der Waals surface area contributed by atoms with Gasteiger partial charge in [-0.05, 0) is 41.3 Å². The van der Waals surface area contributed by atoms with Crippen molar-refractivity contribution in [1.82, 2.24) is 5.32 Å². The highest BCUT2D eigenvalue weighted by molar-refractivity contribution is 9.10. The van der Waals surface area contributed by atoms with Crippen molar-refractivity contribution < 1.29 is 14.4 Å². The molecule has 2 aromatic carbocycles. The van der Waals surface area contributed by atoms with E-state index in [1.165, 1.54) is 6.08 Å². The third-order valence-electron chi connectivity index (χ3n) is 4.08. The van der Waals surface area contributed by atoms with Crippen LogP contribution in [-0.4, -0.2) is 17.8 Å². The zero-order valence-electron chi connectivity index (χ0n) is 14.3. The molecular formula is C20H17BrN2O3. The molecule has 1 saturated heterocycles. The summed E-state index contributed by atoms with van der Waals surface area (Å²) >= 11 is 3.32. The molecule has 0 bridgehead atoms. The lowest BCUT2D eigenvalue weighted by Crippen LogP contribution is -2.54. The number of anilines is 1. The van der Waals surface area contributed by atoms with Crippen LogP contribution in [0.5, 0.6) is 0 Å². The standard InChI is InChI=1S/C20H17BrN2O3/c1-12(2)14-8-6-13(7-9-14)10-17-18(24)22-20(26)23(19(17)25)16-5-3-4-15(21)11-16/h3-12H,1-2H3,(H,22,24,26). The summed E-state index contributed by atoms with van der Waals surface area (Å²) in [4.78, 5) is 38.1. The molecule has 1 fully saturated rings. The largest absolute Gasteiger partial charge is 0.335 e. The molecule has 1 aliphatic heterocycles. The summed E-state index contributed by atoms with van der Waals surface area (Å²) in [5.41, 5.74) is 2.19. The van der Waals surface area contributed by atoms with Gasteiger partial charge in [0, 0.05) is 4.47 Å². The van der Waals surface area contributed by atoms with E-state index in [0.717, 1.165) is 20.5 Å². The molecule has 0 saturated carbocycles. The summed E-state index contributed by atoms with van der Waals surface area (Å²) in [6.07, 6.45) is 1.50.